The van der Waals surface area contributed by atoms with Crippen molar-refractivity contribution in [3.63, 3.8) is 0 Å². The molecule has 0 saturated carbocycles. The molecule has 0 saturated heterocycles. The lowest BCUT2D eigenvalue weighted by Gasteiger charge is -2.25. The second kappa shape index (κ2) is 7.01. The molecule has 1 aromatic carbocycles. The number of rotatable bonds is 5. The average Bonchev–Trinajstić information content (AvgIpc) is 2.34. The molecular weight excluding hydrogens is 313 g/mol. The minimum atomic E-state index is -0.444. The molecule has 0 aliphatic carbocycles. The fourth-order valence-electron chi connectivity index (χ4n) is 1.86. The van der Waals surface area contributed by atoms with Gasteiger partial charge >= 0.3 is 0 Å². The summed E-state index contributed by atoms with van der Waals surface area (Å²) >= 11 is 3.28. The van der Waals surface area contributed by atoms with Crippen LogP contribution in [-0.2, 0) is 11.3 Å². The lowest BCUT2D eigenvalue weighted by Crippen LogP contribution is -2.37. The Kier molecular flexibility index (Phi) is 5.94. The monoisotopic (exact) mass is 331 g/mol. The Morgan fingerprint density at radius 2 is 2.11 bits per heavy atom. The smallest absolute Gasteiger partial charge is 0.228 e. The van der Waals surface area contributed by atoms with Gasteiger partial charge in [0.15, 0.2) is 0 Å². The third-order valence-electron chi connectivity index (χ3n) is 3.11. The van der Waals surface area contributed by atoms with E-state index >= 15 is 0 Å². The molecule has 106 valence electrons. The van der Waals surface area contributed by atoms with Crippen LogP contribution in [0.1, 0.15) is 19.4 Å². The van der Waals surface area contributed by atoms with E-state index in [-0.39, 0.29) is 30.8 Å². The van der Waals surface area contributed by atoms with E-state index in [9.17, 15) is 14.3 Å². The van der Waals surface area contributed by atoms with Crippen LogP contribution in [0.5, 0.6) is 0 Å². The zero-order valence-corrected chi connectivity index (χ0v) is 12.9. The average molecular weight is 332 g/mol. The largest absolute Gasteiger partial charge is 0.396 e. The van der Waals surface area contributed by atoms with Crippen molar-refractivity contribution in [1.29, 1.82) is 0 Å². The molecule has 0 radical (unpaired) electrons. The number of hydrogen-bond acceptors (Lipinski definition) is 2. The third-order valence-corrected chi connectivity index (χ3v) is 3.60. The first-order chi connectivity index (χ1) is 8.86. The van der Waals surface area contributed by atoms with Crippen molar-refractivity contribution < 1.29 is 14.3 Å². The van der Waals surface area contributed by atoms with Crippen LogP contribution in [0.15, 0.2) is 22.7 Å². The maximum absolute atomic E-state index is 13.6. The number of carbonyl (C=O) groups is 1. The zero-order valence-electron chi connectivity index (χ0n) is 11.4. The standard InChI is InChI=1S/C14H19BrFNO2/c1-9(2)12(8-18)14(19)17(3)7-10-6-11(15)4-5-13(10)16/h4-6,9,12,18H,7-8H2,1-3H3. The normalized spacial score (nSPS) is 12.6. The van der Waals surface area contributed by atoms with Crippen molar-refractivity contribution >= 4 is 21.8 Å². The minimum Gasteiger partial charge on any atom is -0.396 e. The molecule has 1 rings (SSSR count). The van der Waals surface area contributed by atoms with Crippen LogP contribution in [0.25, 0.3) is 0 Å². The molecule has 0 fully saturated rings. The minimum absolute atomic E-state index is 0.0484. The lowest BCUT2D eigenvalue weighted by atomic mass is 9.95. The van der Waals surface area contributed by atoms with Crippen molar-refractivity contribution in [2.24, 2.45) is 11.8 Å². The van der Waals surface area contributed by atoms with E-state index in [1.54, 1.807) is 19.2 Å². The summed E-state index contributed by atoms with van der Waals surface area (Å²) in [6, 6.07) is 4.64. The number of benzene rings is 1. The second-order valence-electron chi connectivity index (χ2n) is 4.96. The number of aliphatic hydroxyl groups excluding tert-OH is 1. The molecule has 0 aliphatic heterocycles. The van der Waals surface area contributed by atoms with Gasteiger partial charge in [0.2, 0.25) is 5.91 Å². The van der Waals surface area contributed by atoms with E-state index in [1.807, 2.05) is 13.8 Å². The summed E-state index contributed by atoms with van der Waals surface area (Å²) in [5.41, 5.74) is 0.450. The van der Waals surface area contributed by atoms with Gasteiger partial charge in [-0.1, -0.05) is 29.8 Å². The number of hydrogen-bond donors (Lipinski definition) is 1. The summed E-state index contributed by atoms with van der Waals surface area (Å²) in [5, 5.41) is 9.25. The van der Waals surface area contributed by atoms with Gasteiger partial charge < -0.3 is 10.0 Å². The molecule has 19 heavy (non-hydrogen) atoms. The van der Waals surface area contributed by atoms with Gasteiger partial charge in [0.1, 0.15) is 5.82 Å². The summed E-state index contributed by atoms with van der Waals surface area (Å²) < 4.78 is 14.4. The summed E-state index contributed by atoms with van der Waals surface area (Å²) in [5.74, 6) is -0.905. The number of carbonyl (C=O) groups excluding carboxylic acids is 1. The molecule has 0 aliphatic rings. The Morgan fingerprint density at radius 1 is 1.47 bits per heavy atom. The Hall–Kier alpha value is -0.940. The maximum atomic E-state index is 13.6. The third kappa shape index (κ3) is 4.28. The SMILES string of the molecule is CC(C)C(CO)C(=O)N(C)Cc1cc(Br)ccc1F. The van der Waals surface area contributed by atoms with Crippen LogP contribution >= 0.6 is 15.9 Å². The highest BCUT2D eigenvalue weighted by Gasteiger charge is 2.24. The van der Waals surface area contributed by atoms with Crippen molar-refractivity contribution in [2.75, 3.05) is 13.7 Å². The predicted molar refractivity (Wildman–Crippen MR) is 76.0 cm³/mol. The van der Waals surface area contributed by atoms with E-state index in [1.165, 1.54) is 11.0 Å². The zero-order chi connectivity index (χ0) is 14.6. The molecule has 1 N–H and O–H groups in total. The number of halogens is 2. The molecule has 1 amide bonds. The molecule has 1 unspecified atom stereocenters. The van der Waals surface area contributed by atoms with E-state index in [0.717, 1.165) is 4.47 Å². The topological polar surface area (TPSA) is 40.5 Å². The number of aliphatic hydroxyl groups is 1. The van der Waals surface area contributed by atoms with Crippen molar-refractivity contribution in [2.45, 2.75) is 20.4 Å². The quantitative estimate of drug-likeness (QED) is 0.901. The summed E-state index contributed by atoms with van der Waals surface area (Å²) in [7, 11) is 1.62. The van der Waals surface area contributed by atoms with Gasteiger partial charge in [-0.15, -0.1) is 0 Å². The van der Waals surface area contributed by atoms with E-state index in [0.29, 0.717) is 5.56 Å². The highest BCUT2D eigenvalue weighted by molar-refractivity contribution is 9.10. The predicted octanol–water partition coefficient (Wildman–Crippen LogP) is 2.81. The highest BCUT2D eigenvalue weighted by atomic mass is 79.9. The van der Waals surface area contributed by atoms with Gasteiger partial charge in [-0.2, -0.15) is 0 Å². The van der Waals surface area contributed by atoms with Crippen molar-refractivity contribution in [3.05, 3.63) is 34.1 Å². The Balaban J connectivity index is 2.81. The van der Waals surface area contributed by atoms with Gasteiger partial charge in [-0.25, -0.2) is 4.39 Å². The van der Waals surface area contributed by atoms with Crippen LogP contribution in [0.3, 0.4) is 0 Å². The van der Waals surface area contributed by atoms with Crippen LogP contribution in [0.4, 0.5) is 4.39 Å². The maximum Gasteiger partial charge on any atom is 0.228 e. The molecule has 0 heterocycles. The van der Waals surface area contributed by atoms with Crippen LogP contribution in [-0.4, -0.2) is 29.6 Å². The fraction of sp³-hybridized carbons (Fsp3) is 0.500. The second-order valence-corrected chi connectivity index (χ2v) is 5.88. The molecular formula is C14H19BrFNO2. The summed E-state index contributed by atoms with van der Waals surface area (Å²) in [4.78, 5) is 13.6. The molecule has 5 heteroatoms. The first kappa shape index (κ1) is 16.1. The molecule has 1 atom stereocenters. The van der Waals surface area contributed by atoms with Crippen LogP contribution < -0.4 is 0 Å². The first-order valence-corrected chi connectivity index (χ1v) is 6.95. The van der Waals surface area contributed by atoms with Gasteiger partial charge in [0.05, 0.1) is 12.5 Å². The van der Waals surface area contributed by atoms with E-state index in [4.69, 9.17) is 0 Å². The van der Waals surface area contributed by atoms with Gasteiger partial charge in [0.25, 0.3) is 0 Å². The number of amides is 1. The van der Waals surface area contributed by atoms with Crippen molar-refractivity contribution in [1.82, 2.24) is 4.90 Å². The Morgan fingerprint density at radius 3 is 2.63 bits per heavy atom. The molecule has 0 bridgehead atoms. The van der Waals surface area contributed by atoms with Crippen molar-refractivity contribution in [3.8, 4) is 0 Å². The lowest BCUT2D eigenvalue weighted by molar-refractivity contribution is -0.137. The van der Waals surface area contributed by atoms with E-state index in [2.05, 4.69) is 15.9 Å². The fourth-order valence-corrected chi connectivity index (χ4v) is 2.26. The van der Waals surface area contributed by atoms with Crippen LogP contribution in [0, 0.1) is 17.7 Å². The van der Waals surface area contributed by atoms with Gasteiger partial charge in [-0.3, -0.25) is 4.79 Å². The Labute approximate surface area is 121 Å². The molecule has 1 aromatic rings. The Bertz CT molecular complexity index is 451. The van der Waals surface area contributed by atoms with Gasteiger partial charge in [0, 0.05) is 23.6 Å². The van der Waals surface area contributed by atoms with Gasteiger partial charge in [-0.05, 0) is 24.1 Å². The van der Waals surface area contributed by atoms with E-state index < -0.39 is 5.92 Å². The summed E-state index contributed by atoms with van der Waals surface area (Å²) in [6.07, 6.45) is 0. The molecule has 0 aromatic heterocycles. The molecule has 3 nitrogen and oxygen atoms in total. The summed E-state index contributed by atoms with van der Waals surface area (Å²) in [6.45, 7) is 3.76. The highest BCUT2D eigenvalue weighted by Crippen LogP contribution is 2.19. The molecule has 0 spiro atoms. The first-order valence-electron chi connectivity index (χ1n) is 6.16. The van der Waals surface area contributed by atoms with Crippen LogP contribution in [0.2, 0.25) is 0 Å². The number of nitrogens with zero attached hydrogens (tertiary/aromatic N) is 1.